The Bertz CT molecular complexity index is 920. The Morgan fingerprint density at radius 1 is 1.22 bits per heavy atom. The summed E-state index contributed by atoms with van der Waals surface area (Å²) in [6.07, 6.45) is 3.32. The second-order valence-electron chi connectivity index (χ2n) is 6.25. The molecule has 2 N–H and O–H groups in total. The second-order valence-corrected chi connectivity index (χ2v) is 6.25. The molecule has 6 nitrogen and oxygen atoms in total. The van der Waals surface area contributed by atoms with Crippen molar-refractivity contribution in [3.05, 3.63) is 65.7 Å². The molecule has 1 fully saturated rings. The van der Waals surface area contributed by atoms with E-state index in [0.717, 1.165) is 18.1 Å². The summed E-state index contributed by atoms with van der Waals surface area (Å²) in [6.45, 7) is 1.98. The number of hydrogen-bond donors (Lipinski definition) is 2. The van der Waals surface area contributed by atoms with Gasteiger partial charge in [0.1, 0.15) is 6.04 Å². The van der Waals surface area contributed by atoms with Crippen LogP contribution in [0.25, 0.3) is 6.08 Å². The standard InChI is InChI=1S/C21H20N2O4/c1-2-15-7-3-4-9-18(15)23-19(24)13-17(21(23)27)22-16-8-5-6-14(12-16)10-11-20(25)26/h3-12,17,22H,2,13H2,1H3,(H,25,26)/b11-10+. The van der Waals surface area contributed by atoms with Crippen molar-refractivity contribution in [2.75, 3.05) is 10.2 Å². The second kappa shape index (κ2) is 7.86. The van der Waals surface area contributed by atoms with Gasteiger partial charge in [-0.15, -0.1) is 0 Å². The highest BCUT2D eigenvalue weighted by Crippen LogP contribution is 2.28. The van der Waals surface area contributed by atoms with E-state index in [1.54, 1.807) is 30.3 Å². The zero-order valence-electron chi connectivity index (χ0n) is 14.9. The van der Waals surface area contributed by atoms with E-state index in [2.05, 4.69) is 5.32 Å². The summed E-state index contributed by atoms with van der Waals surface area (Å²) in [5.74, 6) is -1.55. The molecule has 0 bridgehead atoms. The zero-order chi connectivity index (χ0) is 19.4. The van der Waals surface area contributed by atoms with Gasteiger partial charge in [-0.05, 0) is 41.8 Å². The van der Waals surface area contributed by atoms with E-state index >= 15 is 0 Å². The number of nitrogens with one attached hydrogen (secondary N) is 1. The molecular weight excluding hydrogens is 344 g/mol. The maximum atomic E-state index is 12.8. The molecule has 0 aromatic heterocycles. The summed E-state index contributed by atoms with van der Waals surface area (Å²) in [5.41, 5.74) is 2.92. The molecule has 0 saturated carbocycles. The third-order valence-corrected chi connectivity index (χ3v) is 4.41. The topological polar surface area (TPSA) is 86.7 Å². The fraction of sp³-hybridized carbons (Fsp3) is 0.190. The van der Waals surface area contributed by atoms with Crippen molar-refractivity contribution in [2.24, 2.45) is 0 Å². The van der Waals surface area contributed by atoms with Gasteiger partial charge in [-0.1, -0.05) is 37.3 Å². The maximum Gasteiger partial charge on any atom is 0.328 e. The molecule has 0 aliphatic carbocycles. The van der Waals surface area contributed by atoms with Gasteiger partial charge in [0.05, 0.1) is 12.1 Å². The van der Waals surface area contributed by atoms with Crippen molar-refractivity contribution in [3.63, 3.8) is 0 Å². The van der Waals surface area contributed by atoms with Crippen LogP contribution in [-0.4, -0.2) is 28.9 Å². The predicted octanol–water partition coefficient (Wildman–Crippen LogP) is 3.09. The van der Waals surface area contributed by atoms with E-state index in [9.17, 15) is 14.4 Å². The Labute approximate surface area is 157 Å². The molecule has 138 valence electrons. The Hall–Kier alpha value is -3.41. The van der Waals surface area contributed by atoms with Crippen molar-refractivity contribution in [2.45, 2.75) is 25.8 Å². The van der Waals surface area contributed by atoms with Crippen LogP contribution in [0.1, 0.15) is 24.5 Å². The van der Waals surface area contributed by atoms with Crippen molar-refractivity contribution in [1.82, 2.24) is 0 Å². The van der Waals surface area contributed by atoms with E-state index < -0.39 is 12.0 Å². The molecule has 1 unspecified atom stereocenters. The van der Waals surface area contributed by atoms with Crippen LogP contribution in [0.5, 0.6) is 0 Å². The summed E-state index contributed by atoms with van der Waals surface area (Å²) in [5, 5.41) is 11.8. The summed E-state index contributed by atoms with van der Waals surface area (Å²) in [7, 11) is 0. The number of para-hydroxylation sites is 1. The van der Waals surface area contributed by atoms with Crippen molar-refractivity contribution >= 4 is 35.2 Å². The minimum absolute atomic E-state index is 0.0755. The highest BCUT2D eigenvalue weighted by atomic mass is 16.4. The quantitative estimate of drug-likeness (QED) is 0.608. The lowest BCUT2D eigenvalue weighted by Crippen LogP contribution is -2.35. The number of hydrogen-bond acceptors (Lipinski definition) is 4. The van der Waals surface area contributed by atoms with Gasteiger partial charge in [0, 0.05) is 11.8 Å². The summed E-state index contributed by atoms with van der Waals surface area (Å²) in [4.78, 5) is 37.2. The van der Waals surface area contributed by atoms with E-state index in [4.69, 9.17) is 5.11 Å². The number of imide groups is 1. The van der Waals surface area contributed by atoms with E-state index in [1.165, 1.54) is 11.0 Å². The first-order valence-corrected chi connectivity index (χ1v) is 8.72. The molecular formula is C21H20N2O4. The van der Waals surface area contributed by atoms with Gasteiger partial charge < -0.3 is 10.4 Å². The number of nitrogens with zero attached hydrogens (tertiary/aromatic N) is 1. The molecule has 0 spiro atoms. The average molecular weight is 364 g/mol. The molecule has 3 rings (SSSR count). The fourth-order valence-electron chi connectivity index (χ4n) is 3.13. The molecule has 1 aliphatic heterocycles. The lowest BCUT2D eigenvalue weighted by Gasteiger charge is -2.19. The number of anilines is 2. The molecule has 1 aliphatic rings. The Morgan fingerprint density at radius 3 is 2.74 bits per heavy atom. The molecule has 1 heterocycles. The van der Waals surface area contributed by atoms with Crippen LogP contribution in [0.15, 0.2) is 54.6 Å². The van der Waals surface area contributed by atoms with Gasteiger partial charge in [-0.2, -0.15) is 0 Å². The lowest BCUT2D eigenvalue weighted by molar-refractivity contribution is -0.131. The first-order valence-electron chi connectivity index (χ1n) is 8.72. The number of carbonyl (C=O) groups excluding carboxylic acids is 2. The molecule has 0 radical (unpaired) electrons. The van der Waals surface area contributed by atoms with Crippen LogP contribution in [0, 0.1) is 0 Å². The number of rotatable bonds is 6. The predicted molar refractivity (Wildman–Crippen MR) is 103 cm³/mol. The van der Waals surface area contributed by atoms with Crippen molar-refractivity contribution in [1.29, 1.82) is 0 Å². The third-order valence-electron chi connectivity index (χ3n) is 4.41. The van der Waals surface area contributed by atoms with Crippen molar-refractivity contribution in [3.8, 4) is 0 Å². The first kappa shape index (κ1) is 18.4. The molecule has 2 aromatic carbocycles. The molecule has 1 saturated heterocycles. The number of amides is 2. The van der Waals surface area contributed by atoms with Crippen LogP contribution < -0.4 is 10.2 Å². The number of carbonyl (C=O) groups is 3. The first-order chi connectivity index (χ1) is 13.0. The number of benzene rings is 2. The Morgan fingerprint density at radius 2 is 2.00 bits per heavy atom. The molecule has 2 aromatic rings. The van der Waals surface area contributed by atoms with Gasteiger partial charge in [0.25, 0.3) is 5.91 Å². The molecule has 1 atom stereocenters. The maximum absolute atomic E-state index is 12.8. The SMILES string of the molecule is CCc1ccccc1N1C(=O)CC(Nc2cccc(/C=C/C(=O)O)c2)C1=O. The number of aliphatic carboxylic acids is 1. The third kappa shape index (κ3) is 4.06. The number of aryl methyl sites for hydroxylation is 1. The summed E-state index contributed by atoms with van der Waals surface area (Å²) >= 11 is 0. The zero-order valence-corrected chi connectivity index (χ0v) is 14.9. The number of carboxylic acids is 1. The summed E-state index contributed by atoms with van der Waals surface area (Å²) < 4.78 is 0. The normalized spacial score (nSPS) is 16.9. The average Bonchev–Trinajstić information content (AvgIpc) is 2.93. The van der Waals surface area contributed by atoms with Crippen LogP contribution in [0.2, 0.25) is 0 Å². The van der Waals surface area contributed by atoms with Gasteiger partial charge in [0.2, 0.25) is 5.91 Å². The highest BCUT2D eigenvalue weighted by molar-refractivity contribution is 6.23. The van der Waals surface area contributed by atoms with Crippen LogP contribution in [0.3, 0.4) is 0 Å². The smallest absolute Gasteiger partial charge is 0.328 e. The molecule has 2 amide bonds. The Balaban J connectivity index is 1.80. The van der Waals surface area contributed by atoms with Gasteiger partial charge in [-0.3, -0.25) is 9.59 Å². The van der Waals surface area contributed by atoms with Crippen molar-refractivity contribution < 1.29 is 19.5 Å². The van der Waals surface area contributed by atoms with E-state index in [0.29, 0.717) is 16.9 Å². The van der Waals surface area contributed by atoms with Crippen LogP contribution >= 0.6 is 0 Å². The van der Waals surface area contributed by atoms with Crippen LogP contribution in [0.4, 0.5) is 11.4 Å². The molecule has 27 heavy (non-hydrogen) atoms. The highest BCUT2D eigenvalue weighted by Gasteiger charge is 2.40. The van der Waals surface area contributed by atoms with Gasteiger partial charge in [0.15, 0.2) is 0 Å². The van der Waals surface area contributed by atoms with E-state index in [1.807, 2.05) is 25.1 Å². The van der Waals surface area contributed by atoms with E-state index in [-0.39, 0.29) is 18.2 Å². The minimum atomic E-state index is -1.03. The monoisotopic (exact) mass is 364 g/mol. The van der Waals surface area contributed by atoms with Crippen LogP contribution in [-0.2, 0) is 20.8 Å². The summed E-state index contributed by atoms with van der Waals surface area (Å²) in [6, 6.07) is 13.8. The van der Waals surface area contributed by atoms with Gasteiger partial charge in [-0.25, -0.2) is 9.69 Å². The largest absolute Gasteiger partial charge is 0.478 e. The lowest BCUT2D eigenvalue weighted by atomic mass is 10.1. The van der Waals surface area contributed by atoms with Gasteiger partial charge >= 0.3 is 5.97 Å². The minimum Gasteiger partial charge on any atom is -0.478 e. The molecule has 6 heteroatoms. The number of carboxylic acid groups (broad SMARTS) is 1. The Kier molecular flexibility index (Phi) is 5.35. The fourth-order valence-corrected chi connectivity index (χ4v) is 3.13.